The second-order valence-electron chi connectivity index (χ2n) is 10.7. The maximum atomic E-state index is 14.2. The average Bonchev–Trinajstić information content (AvgIpc) is 2.83. The SMILES string of the molecule is CCc1cc(-c2cc(C(C)C)c(CC(=O)N=S(N)(=O)c3ccc(CN(C)C)cc3)c(C(C)C)c2)ccc1F. The van der Waals surface area contributed by atoms with Gasteiger partial charge >= 0.3 is 0 Å². The molecule has 0 aliphatic carbocycles. The molecule has 0 radical (unpaired) electrons. The Morgan fingerprint density at radius 1 is 0.947 bits per heavy atom. The van der Waals surface area contributed by atoms with Crippen LogP contribution in [0.1, 0.15) is 74.3 Å². The van der Waals surface area contributed by atoms with Crippen molar-refractivity contribution in [2.75, 3.05) is 14.1 Å². The normalized spacial score (nSPS) is 13.3. The van der Waals surface area contributed by atoms with E-state index in [1.807, 2.05) is 44.1 Å². The lowest BCUT2D eigenvalue weighted by Gasteiger charge is -2.21. The van der Waals surface area contributed by atoms with Gasteiger partial charge < -0.3 is 4.90 Å². The third-order valence-electron chi connectivity index (χ3n) is 6.65. The summed E-state index contributed by atoms with van der Waals surface area (Å²) >= 11 is 0. The number of amides is 1. The number of hydrogen-bond acceptors (Lipinski definition) is 3. The van der Waals surface area contributed by atoms with Gasteiger partial charge in [0.1, 0.15) is 15.7 Å². The summed E-state index contributed by atoms with van der Waals surface area (Å²) in [6, 6.07) is 16.4. The van der Waals surface area contributed by atoms with E-state index in [9.17, 15) is 13.4 Å². The van der Waals surface area contributed by atoms with E-state index < -0.39 is 15.8 Å². The maximum absolute atomic E-state index is 14.2. The largest absolute Gasteiger partial charge is 0.305 e. The Bertz CT molecular complexity index is 1390. The first kappa shape index (κ1) is 29.7. The predicted molar refractivity (Wildman–Crippen MR) is 155 cm³/mol. The van der Waals surface area contributed by atoms with E-state index >= 15 is 0 Å². The van der Waals surface area contributed by atoms with Crippen LogP contribution in [-0.2, 0) is 34.1 Å². The van der Waals surface area contributed by atoms with Crippen molar-refractivity contribution in [3.05, 3.63) is 88.2 Å². The van der Waals surface area contributed by atoms with Crippen LogP contribution in [-0.4, -0.2) is 29.1 Å². The van der Waals surface area contributed by atoms with Crippen LogP contribution >= 0.6 is 0 Å². The zero-order valence-electron chi connectivity index (χ0n) is 23.5. The molecule has 0 heterocycles. The second-order valence-corrected chi connectivity index (χ2v) is 12.5. The highest BCUT2D eigenvalue weighted by molar-refractivity contribution is 7.91. The molecule has 204 valence electrons. The van der Waals surface area contributed by atoms with Gasteiger partial charge in [0.25, 0.3) is 5.91 Å². The van der Waals surface area contributed by atoms with Crippen LogP contribution in [0.5, 0.6) is 0 Å². The smallest absolute Gasteiger partial charge is 0.259 e. The zero-order chi connectivity index (χ0) is 28.2. The monoisotopic (exact) mass is 537 g/mol. The Labute approximate surface area is 227 Å². The summed E-state index contributed by atoms with van der Waals surface area (Å²) in [6.45, 7) is 11.0. The van der Waals surface area contributed by atoms with Crippen LogP contribution in [0.2, 0.25) is 0 Å². The summed E-state index contributed by atoms with van der Waals surface area (Å²) in [5.41, 5.74) is 6.59. The highest BCUT2D eigenvalue weighted by Crippen LogP contribution is 2.35. The fourth-order valence-electron chi connectivity index (χ4n) is 4.69. The van der Waals surface area contributed by atoms with E-state index in [4.69, 9.17) is 5.14 Å². The first-order valence-corrected chi connectivity index (χ1v) is 14.7. The van der Waals surface area contributed by atoms with Crippen LogP contribution in [0.3, 0.4) is 0 Å². The summed E-state index contributed by atoms with van der Waals surface area (Å²) < 4.78 is 31.4. The molecule has 0 spiro atoms. The Morgan fingerprint density at radius 3 is 2.03 bits per heavy atom. The molecule has 0 aromatic heterocycles. The number of benzene rings is 3. The summed E-state index contributed by atoms with van der Waals surface area (Å²) in [5.74, 6) is -0.451. The van der Waals surface area contributed by atoms with E-state index in [-0.39, 0.29) is 24.1 Å². The standard InChI is InChI=1S/C31H40FN3O2S/c1-8-23-15-24(11-14-30(23)32)25-16-27(20(2)3)29(28(17-25)21(4)5)18-31(36)34-38(33,37)26-12-9-22(10-13-26)19-35(6)7/h9-17,20-21H,8,18-19H2,1-7H3,(H2,33,34,36,37). The minimum Gasteiger partial charge on any atom is -0.305 e. The molecule has 1 amide bonds. The summed E-state index contributed by atoms with van der Waals surface area (Å²) in [4.78, 5) is 15.5. The highest BCUT2D eigenvalue weighted by Gasteiger charge is 2.20. The molecule has 5 nitrogen and oxygen atoms in total. The minimum absolute atomic E-state index is 0.0117. The molecule has 0 aliphatic rings. The van der Waals surface area contributed by atoms with Crippen molar-refractivity contribution in [2.45, 2.75) is 70.7 Å². The van der Waals surface area contributed by atoms with Gasteiger partial charge in [-0.25, -0.2) is 13.7 Å². The third-order valence-corrected chi connectivity index (χ3v) is 8.07. The molecule has 0 fully saturated rings. The number of halogens is 1. The molecule has 38 heavy (non-hydrogen) atoms. The molecule has 3 rings (SSSR count). The first-order chi connectivity index (χ1) is 17.8. The van der Waals surface area contributed by atoms with Crippen molar-refractivity contribution in [3.8, 4) is 11.1 Å². The molecule has 2 N–H and O–H groups in total. The molecular formula is C31H40FN3O2S. The molecule has 3 aromatic rings. The topological polar surface area (TPSA) is 75.8 Å². The molecule has 3 aromatic carbocycles. The fraction of sp³-hybridized carbons (Fsp3) is 0.387. The maximum Gasteiger partial charge on any atom is 0.259 e. The summed E-state index contributed by atoms with van der Waals surface area (Å²) in [7, 11) is 0.566. The molecule has 0 saturated carbocycles. The molecule has 1 atom stereocenters. The third kappa shape index (κ3) is 7.16. The van der Waals surface area contributed by atoms with Gasteiger partial charge in [0, 0.05) is 6.54 Å². The molecule has 1 unspecified atom stereocenters. The van der Waals surface area contributed by atoms with Gasteiger partial charge in [0.05, 0.1) is 11.3 Å². The van der Waals surface area contributed by atoms with Gasteiger partial charge in [0.2, 0.25) is 0 Å². The van der Waals surface area contributed by atoms with Crippen LogP contribution in [0, 0.1) is 5.82 Å². The quantitative estimate of drug-likeness (QED) is 0.325. The van der Waals surface area contributed by atoms with Gasteiger partial charge in [-0.05, 0) is 95.6 Å². The number of nitrogens with two attached hydrogens (primary N) is 1. The van der Waals surface area contributed by atoms with Gasteiger partial charge in [-0.2, -0.15) is 0 Å². The molecule has 0 aliphatic heterocycles. The Hall–Kier alpha value is -2.87. The summed E-state index contributed by atoms with van der Waals surface area (Å²) in [5, 5.41) is 6.08. The molecule has 0 bridgehead atoms. The highest BCUT2D eigenvalue weighted by atomic mass is 32.2. The van der Waals surface area contributed by atoms with Gasteiger partial charge in [-0.15, -0.1) is 4.36 Å². The van der Waals surface area contributed by atoms with E-state index in [2.05, 4.69) is 44.2 Å². The first-order valence-electron chi connectivity index (χ1n) is 13.1. The lowest BCUT2D eigenvalue weighted by Crippen LogP contribution is -2.17. The lowest BCUT2D eigenvalue weighted by molar-refractivity contribution is -0.117. The number of hydrogen-bond donors (Lipinski definition) is 1. The van der Waals surface area contributed by atoms with E-state index in [0.717, 1.165) is 39.9 Å². The van der Waals surface area contributed by atoms with Gasteiger partial charge in [-0.3, -0.25) is 4.79 Å². The predicted octanol–water partition coefficient (Wildman–Crippen LogP) is 6.83. The second kappa shape index (κ2) is 12.3. The number of rotatable bonds is 9. The van der Waals surface area contributed by atoms with Gasteiger partial charge in [-0.1, -0.05) is 65.0 Å². The van der Waals surface area contributed by atoms with E-state index in [0.29, 0.717) is 16.9 Å². The van der Waals surface area contributed by atoms with Crippen molar-refractivity contribution in [1.82, 2.24) is 4.90 Å². The molecule has 7 heteroatoms. The number of carbonyl (C=O) groups excluding carboxylic acids is 1. The Kier molecular flexibility index (Phi) is 9.63. The van der Waals surface area contributed by atoms with Crippen LogP contribution < -0.4 is 5.14 Å². The number of aryl methyl sites for hydroxylation is 1. The van der Waals surface area contributed by atoms with Crippen LogP contribution in [0.15, 0.2) is 63.9 Å². The van der Waals surface area contributed by atoms with Crippen molar-refractivity contribution in [1.29, 1.82) is 0 Å². The Morgan fingerprint density at radius 2 is 1.53 bits per heavy atom. The average molecular weight is 538 g/mol. The zero-order valence-corrected chi connectivity index (χ0v) is 24.4. The van der Waals surface area contributed by atoms with Crippen molar-refractivity contribution < 1.29 is 13.4 Å². The minimum atomic E-state index is -3.38. The fourth-order valence-corrected chi connectivity index (χ4v) is 5.68. The number of nitrogens with zero attached hydrogens (tertiary/aromatic N) is 2. The summed E-state index contributed by atoms with van der Waals surface area (Å²) in [6.07, 6.45) is 0.621. The number of carbonyl (C=O) groups is 1. The van der Waals surface area contributed by atoms with Crippen LogP contribution in [0.4, 0.5) is 4.39 Å². The molecular weight excluding hydrogens is 497 g/mol. The van der Waals surface area contributed by atoms with Crippen LogP contribution in [0.25, 0.3) is 11.1 Å². The van der Waals surface area contributed by atoms with E-state index in [1.165, 1.54) is 6.07 Å². The van der Waals surface area contributed by atoms with Crippen molar-refractivity contribution in [3.63, 3.8) is 0 Å². The van der Waals surface area contributed by atoms with Gasteiger partial charge in [0.15, 0.2) is 0 Å². The molecule has 0 saturated heterocycles. The van der Waals surface area contributed by atoms with Crippen molar-refractivity contribution >= 4 is 15.8 Å². The van der Waals surface area contributed by atoms with Crippen molar-refractivity contribution in [2.24, 2.45) is 9.50 Å². The van der Waals surface area contributed by atoms with E-state index in [1.54, 1.807) is 18.2 Å². The lowest BCUT2D eigenvalue weighted by atomic mass is 9.83. The Balaban J connectivity index is 2.02.